The zero-order valence-corrected chi connectivity index (χ0v) is 12.1. The summed E-state index contributed by atoms with van der Waals surface area (Å²) in [7, 11) is 0. The Morgan fingerprint density at radius 2 is 2.05 bits per heavy atom. The minimum Gasteiger partial charge on any atom is -0.468 e. The second-order valence-corrected chi connectivity index (χ2v) is 5.50. The van der Waals surface area contributed by atoms with Crippen LogP contribution in [-0.4, -0.2) is 10.2 Å². The smallest absolute Gasteiger partial charge is 0.257 e. The molecule has 1 N–H and O–H groups in total. The topological polar surface area (TPSA) is 64.1 Å². The summed E-state index contributed by atoms with van der Waals surface area (Å²) < 4.78 is 11.1. The highest BCUT2D eigenvalue weighted by molar-refractivity contribution is 7.13. The Hall–Kier alpha value is -1.92. The van der Waals surface area contributed by atoms with E-state index < -0.39 is 0 Å². The molecule has 0 aliphatic heterocycles. The van der Waals surface area contributed by atoms with Crippen molar-refractivity contribution in [3.8, 4) is 10.8 Å². The predicted molar refractivity (Wildman–Crippen MR) is 76.3 cm³/mol. The Labute approximate surface area is 120 Å². The minimum absolute atomic E-state index is 0.0451. The molecular weight excluding hydrogens is 274 g/mol. The maximum Gasteiger partial charge on any atom is 0.257 e. The van der Waals surface area contributed by atoms with Gasteiger partial charge in [0.25, 0.3) is 5.89 Å². The first-order valence-electron chi connectivity index (χ1n) is 6.41. The van der Waals surface area contributed by atoms with Crippen LogP contribution < -0.4 is 5.32 Å². The van der Waals surface area contributed by atoms with Gasteiger partial charge in [-0.25, -0.2) is 0 Å². The van der Waals surface area contributed by atoms with Gasteiger partial charge in [0, 0.05) is 0 Å². The van der Waals surface area contributed by atoms with Gasteiger partial charge in [-0.1, -0.05) is 6.07 Å². The molecule has 0 spiro atoms. The molecule has 0 saturated heterocycles. The maximum absolute atomic E-state index is 5.70. The van der Waals surface area contributed by atoms with E-state index in [0.717, 1.165) is 10.6 Å². The van der Waals surface area contributed by atoms with Gasteiger partial charge in [-0.15, -0.1) is 21.5 Å². The number of hydrogen-bond donors (Lipinski definition) is 1. The summed E-state index contributed by atoms with van der Waals surface area (Å²) in [5.41, 5.74) is 0. The van der Waals surface area contributed by atoms with Crippen LogP contribution in [0.15, 0.2) is 44.7 Å². The lowest BCUT2D eigenvalue weighted by molar-refractivity contribution is 0.361. The number of furan rings is 1. The SMILES string of the molecule is C[C@H](N[C@H](C)c1nnc(-c2cccs2)o1)c1ccco1. The van der Waals surface area contributed by atoms with Crippen molar-refractivity contribution in [2.75, 3.05) is 0 Å². The van der Waals surface area contributed by atoms with E-state index in [0.29, 0.717) is 11.8 Å². The van der Waals surface area contributed by atoms with E-state index in [-0.39, 0.29) is 12.1 Å². The lowest BCUT2D eigenvalue weighted by atomic mass is 10.2. The van der Waals surface area contributed by atoms with E-state index in [2.05, 4.69) is 15.5 Å². The molecule has 0 bridgehead atoms. The van der Waals surface area contributed by atoms with Gasteiger partial charge < -0.3 is 8.83 Å². The van der Waals surface area contributed by atoms with Gasteiger partial charge in [-0.05, 0) is 37.4 Å². The summed E-state index contributed by atoms with van der Waals surface area (Å²) >= 11 is 1.58. The lowest BCUT2D eigenvalue weighted by Gasteiger charge is -2.15. The summed E-state index contributed by atoms with van der Waals surface area (Å²) in [5, 5.41) is 13.5. The van der Waals surface area contributed by atoms with E-state index in [1.807, 2.05) is 43.5 Å². The van der Waals surface area contributed by atoms with Gasteiger partial charge in [0.2, 0.25) is 5.89 Å². The van der Waals surface area contributed by atoms with Crippen LogP contribution in [0.25, 0.3) is 10.8 Å². The van der Waals surface area contributed by atoms with Crippen LogP contribution in [0.2, 0.25) is 0 Å². The van der Waals surface area contributed by atoms with Gasteiger partial charge in [0.1, 0.15) is 5.76 Å². The van der Waals surface area contributed by atoms with Crippen molar-refractivity contribution < 1.29 is 8.83 Å². The molecule has 0 amide bonds. The zero-order chi connectivity index (χ0) is 13.9. The summed E-state index contributed by atoms with van der Waals surface area (Å²) in [5.74, 6) is 2.02. The van der Waals surface area contributed by atoms with Crippen molar-refractivity contribution in [2.45, 2.75) is 25.9 Å². The van der Waals surface area contributed by atoms with Gasteiger partial charge in [-0.2, -0.15) is 0 Å². The van der Waals surface area contributed by atoms with Crippen LogP contribution in [0.4, 0.5) is 0 Å². The molecule has 5 nitrogen and oxygen atoms in total. The molecule has 3 aromatic heterocycles. The lowest BCUT2D eigenvalue weighted by Crippen LogP contribution is -2.22. The summed E-state index contributed by atoms with van der Waals surface area (Å²) in [4.78, 5) is 0.982. The first kappa shape index (κ1) is 13.1. The van der Waals surface area contributed by atoms with Crippen LogP contribution in [0.3, 0.4) is 0 Å². The van der Waals surface area contributed by atoms with E-state index >= 15 is 0 Å². The molecule has 104 valence electrons. The molecule has 0 fully saturated rings. The first-order valence-corrected chi connectivity index (χ1v) is 7.28. The fraction of sp³-hybridized carbons (Fsp3) is 0.286. The standard InChI is InChI=1S/C14H15N3O2S/c1-9(11-5-3-7-18-11)15-10(2)13-16-17-14(19-13)12-6-4-8-20-12/h3-10,15H,1-2H3/t9-,10+/m0/s1. The molecule has 3 rings (SSSR count). The molecule has 0 aliphatic carbocycles. The van der Waals surface area contributed by atoms with Gasteiger partial charge in [-0.3, -0.25) is 5.32 Å². The molecule has 20 heavy (non-hydrogen) atoms. The maximum atomic E-state index is 5.70. The Morgan fingerprint density at radius 1 is 1.15 bits per heavy atom. The van der Waals surface area contributed by atoms with E-state index in [4.69, 9.17) is 8.83 Å². The van der Waals surface area contributed by atoms with Crippen molar-refractivity contribution in [3.05, 3.63) is 47.6 Å². The van der Waals surface area contributed by atoms with Crippen LogP contribution in [0.5, 0.6) is 0 Å². The number of thiophene rings is 1. The molecular formula is C14H15N3O2S. The molecule has 6 heteroatoms. The zero-order valence-electron chi connectivity index (χ0n) is 11.2. The largest absolute Gasteiger partial charge is 0.468 e. The molecule has 2 atom stereocenters. The number of nitrogens with zero attached hydrogens (tertiary/aromatic N) is 2. The third kappa shape index (κ3) is 2.66. The second-order valence-electron chi connectivity index (χ2n) is 4.55. The molecule has 0 unspecified atom stereocenters. The predicted octanol–water partition coefficient (Wildman–Crippen LogP) is 3.80. The number of rotatable bonds is 5. The molecule has 3 aromatic rings. The monoisotopic (exact) mass is 289 g/mol. The van der Waals surface area contributed by atoms with E-state index in [1.165, 1.54) is 0 Å². The number of hydrogen-bond acceptors (Lipinski definition) is 6. The Balaban J connectivity index is 1.70. The average Bonchev–Trinajstić information content (AvgIpc) is 3.19. The molecule has 3 heterocycles. The highest BCUT2D eigenvalue weighted by Gasteiger charge is 2.18. The second kappa shape index (κ2) is 5.60. The normalized spacial score (nSPS) is 14.3. The van der Waals surface area contributed by atoms with E-state index in [9.17, 15) is 0 Å². The Bertz CT molecular complexity index is 646. The summed E-state index contributed by atoms with van der Waals surface area (Å²) in [6.07, 6.45) is 1.67. The van der Waals surface area contributed by atoms with Crippen molar-refractivity contribution in [1.82, 2.24) is 15.5 Å². The van der Waals surface area contributed by atoms with Crippen LogP contribution in [0.1, 0.15) is 37.6 Å². The molecule has 0 saturated carbocycles. The van der Waals surface area contributed by atoms with Crippen LogP contribution in [0, 0.1) is 0 Å². The molecule has 0 aliphatic rings. The third-order valence-electron chi connectivity index (χ3n) is 3.01. The fourth-order valence-electron chi connectivity index (χ4n) is 1.98. The fourth-order valence-corrected chi connectivity index (χ4v) is 2.62. The van der Waals surface area contributed by atoms with Gasteiger partial charge >= 0.3 is 0 Å². The van der Waals surface area contributed by atoms with Gasteiger partial charge in [0.05, 0.1) is 23.2 Å². The molecule has 0 radical (unpaired) electrons. The summed E-state index contributed by atoms with van der Waals surface area (Å²) in [6, 6.07) is 7.78. The highest BCUT2D eigenvalue weighted by Crippen LogP contribution is 2.25. The summed E-state index contributed by atoms with van der Waals surface area (Å²) in [6.45, 7) is 4.02. The van der Waals surface area contributed by atoms with Crippen LogP contribution >= 0.6 is 11.3 Å². The third-order valence-corrected chi connectivity index (χ3v) is 3.87. The van der Waals surface area contributed by atoms with Crippen LogP contribution in [-0.2, 0) is 0 Å². The Morgan fingerprint density at radius 3 is 2.75 bits per heavy atom. The Kier molecular flexibility index (Phi) is 3.66. The first-order chi connectivity index (χ1) is 9.74. The number of nitrogens with one attached hydrogen (secondary N) is 1. The van der Waals surface area contributed by atoms with Crippen molar-refractivity contribution in [3.63, 3.8) is 0 Å². The molecule has 0 aromatic carbocycles. The average molecular weight is 289 g/mol. The van der Waals surface area contributed by atoms with Crippen molar-refractivity contribution in [1.29, 1.82) is 0 Å². The minimum atomic E-state index is -0.0451. The van der Waals surface area contributed by atoms with Gasteiger partial charge in [0.15, 0.2) is 0 Å². The van der Waals surface area contributed by atoms with E-state index in [1.54, 1.807) is 17.6 Å². The van der Waals surface area contributed by atoms with Crippen molar-refractivity contribution in [2.24, 2.45) is 0 Å². The van der Waals surface area contributed by atoms with Crippen molar-refractivity contribution >= 4 is 11.3 Å². The number of aromatic nitrogens is 2. The quantitative estimate of drug-likeness (QED) is 0.774. The highest BCUT2D eigenvalue weighted by atomic mass is 32.1.